The van der Waals surface area contributed by atoms with Crippen LogP contribution in [0.4, 0.5) is 0 Å². The number of aromatic nitrogens is 2. The summed E-state index contributed by atoms with van der Waals surface area (Å²) in [5.41, 5.74) is 1.34. The third-order valence-corrected chi connectivity index (χ3v) is 3.77. The molecule has 0 saturated carbocycles. The van der Waals surface area contributed by atoms with Crippen LogP contribution in [-0.4, -0.2) is 41.1 Å². The van der Waals surface area contributed by atoms with Gasteiger partial charge in [-0.3, -0.25) is 0 Å². The number of imidazole rings is 1. The Hall–Kier alpha value is -0.870. The quantitative estimate of drug-likeness (QED) is 0.889. The van der Waals surface area contributed by atoms with E-state index in [4.69, 9.17) is 0 Å². The second-order valence-electron chi connectivity index (χ2n) is 5.89. The molecule has 0 bridgehead atoms. The number of hydrogen-bond donors (Lipinski definition) is 1. The van der Waals surface area contributed by atoms with Crippen LogP contribution in [0.15, 0.2) is 12.5 Å². The number of hydrogen-bond acceptors (Lipinski definition) is 3. The van der Waals surface area contributed by atoms with Crippen LogP contribution in [0.3, 0.4) is 0 Å². The van der Waals surface area contributed by atoms with E-state index in [9.17, 15) is 0 Å². The van der Waals surface area contributed by atoms with Crippen molar-refractivity contribution in [3.8, 4) is 0 Å². The molecule has 0 aromatic carbocycles. The van der Waals surface area contributed by atoms with Gasteiger partial charge in [-0.1, -0.05) is 0 Å². The molecular formula is C14H26N4. The van der Waals surface area contributed by atoms with Crippen LogP contribution in [0.1, 0.15) is 50.9 Å². The molecule has 1 aliphatic heterocycles. The average Bonchev–Trinajstić information content (AvgIpc) is 2.76. The summed E-state index contributed by atoms with van der Waals surface area (Å²) in [7, 11) is 4.24. The molecule has 1 saturated heterocycles. The summed E-state index contributed by atoms with van der Waals surface area (Å²) in [5.74, 6) is 0. The van der Waals surface area contributed by atoms with Crippen molar-refractivity contribution < 1.29 is 0 Å². The molecule has 2 heterocycles. The minimum Gasteiger partial charge on any atom is -0.329 e. The SMILES string of the molecule is CC1CCCC(c2cncn2C(C)CN(C)C)N1. The van der Waals surface area contributed by atoms with E-state index >= 15 is 0 Å². The van der Waals surface area contributed by atoms with Gasteiger partial charge in [-0.2, -0.15) is 0 Å². The van der Waals surface area contributed by atoms with Gasteiger partial charge in [0.15, 0.2) is 0 Å². The van der Waals surface area contributed by atoms with Gasteiger partial charge in [0.1, 0.15) is 0 Å². The Balaban J connectivity index is 2.11. The smallest absolute Gasteiger partial charge is 0.0951 e. The highest BCUT2D eigenvalue weighted by Crippen LogP contribution is 2.27. The molecule has 1 aliphatic rings. The van der Waals surface area contributed by atoms with Gasteiger partial charge in [0.2, 0.25) is 0 Å². The average molecular weight is 250 g/mol. The summed E-state index contributed by atoms with van der Waals surface area (Å²) >= 11 is 0. The zero-order valence-corrected chi connectivity index (χ0v) is 12.1. The fourth-order valence-corrected chi connectivity index (χ4v) is 2.94. The Kier molecular flexibility index (Phi) is 4.40. The molecule has 1 aromatic heterocycles. The van der Waals surface area contributed by atoms with Crippen molar-refractivity contribution in [3.63, 3.8) is 0 Å². The minimum atomic E-state index is 0.469. The summed E-state index contributed by atoms with van der Waals surface area (Å²) in [6.07, 6.45) is 7.83. The third kappa shape index (κ3) is 3.12. The number of piperidine rings is 1. The molecule has 1 N–H and O–H groups in total. The minimum absolute atomic E-state index is 0.469. The molecular weight excluding hydrogens is 224 g/mol. The summed E-state index contributed by atoms with van der Waals surface area (Å²) < 4.78 is 2.33. The fraction of sp³-hybridized carbons (Fsp3) is 0.786. The lowest BCUT2D eigenvalue weighted by Crippen LogP contribution is -2.36. The van der Waals surface area contributed by atoms with Crippen LogP contribution in [0.25, 0.3) is 0 Å². The van der Waals surface area contributed by atoms with Crippen molar-refractivity contribution in [2.75, 3.05) is 20.6 Å². The number of rotatable bonds is 4. The number of likely N-dealkylation sites (N-methyl/N-ethyl adjacent to an activating group) is 1. The van der Waals surface area contributed by atoms with Crippen molar-refractivity contribution in [1.82, 2.24) is 19.8 Å². The zero-order valence-electron chi connectivity index (χ0n) is 12.1. The van der Waals surface area contributed by atoms with E-state index in [1.807, 2.05) is 12.5 Å². The first-order chi connectivity index (χ1) is 8.58. The molecule has 4 heteroatoms. The van der Waals surface area contributed by atoms with Crippen LogP contribution >= 0.6 is 0 Å². The summed E-state index contributed by atoms with van der Waals surface area (Å²) in [4.78, 5) is 6.58. The summed E-state index contributed by atoms with van der Waals surface area (Å²) in [6, 6.07) is 1.56. The second kappa shape index (κ2) is 5.85. The lowest BCUT2D eigenvalue weighted by molar-refractivity contribution is 0.301. The molecule has 0 spiro atoms. The van der Waals surface area contributed by atoms with Gasteiger partial charge < -0.3 is 14.8 Å². The molecule has 4 nitrogen and oxygen atoms in total. The monoisotopic (exact) mass is 250 g/mol. The predicted molar refractivity (Wildman–Crippen MR) is 74.7 cm³/mol. The highest BCUT2D eigenvalue weighted by atomic mass is 15.2. The maximum absolute atomic E-state index is 4.36. The van der Waals surface area contributed by atoms with Crippen LogP contribution < -0.4 is 5.32 Å². The van der Waals surface area contributed by atoms with Crippen LogP contribution in [0.5, 0.6) is 0 Å². The molecule has 1 fully saturated rings. The van der Waals surface area contributed by atoms with Crippen molar-refractivity contribution in [2.45, 2.75) is 51.2 Å². The van der Waals surface area contributed by atoms with Gasteiger partial charge in [0.25, 0.3) is 0 Å². The van der Waals surface area contributed by atoms with Crippen molar-refractivity contribution in [1.29, 1.82) is 0 Å². The molecule has 3 atom stereocenters. The van der Waals surface area contributed by atoms with E-state index in [1.165, 1.54) is 25.0 Å². The van der Waals surface area contributed by atoms with E-state index in [0.29, 0.717) is 18.1 Å². The largest absolute Gasteiger partial charge is 0.329 e. The predicted octanol–water partition coefficient (Wildman–Crippen LogP) is 2.21. The molecule has 18 heavy (non-hydrogen) atoms. The topological polar surface area (TPSA) is 33.1 Å². The third-order valence-electron chi connectivity index (χ3n) is 3.77. The normalized spacial score (nSPS) is 26.5. The van der Waals surface area contributed by atoms with Crippen molar-refractivity contribution >= 4 is 0 Å². The van der Waals surface area contributed by atoms with Gasteiger partial charge in [-0.05, 0) is 47.2 Å². The van der Waals surface area contributed by atoms with Crippen LogP contribution in [-0.2, 0) is 0 Å². The summed E-state index contributed by atoms with van der Waals surface area (Å²) in [5, 5.41) is 3.69. The second-order valence-corrected chi connectivity index (χ2v) is 5.89. The fourth-order valence-electron chi connectivity index (χ4n) is 2.94. The molecule has 2 rings (SSSR count). The Morgan fingerprint density at radius 3 is 2.94 bits per heavy atom. The molecule has 102 valence electrons. The van der Waals surface area contributed by atoms with E-state index in [1.54, 1.807) is 0 Å². The molecule has 0 radical (unpaired) electrons. The molecule has 3 unspecified atom stereocenters. The van der Waals surface area contributed by atoms with Gasteiger partial charge in [-0.15, -0.1) is 0 Å². The Morgan fingerprint density at radius 1 is 1.50 bits per heavy atom. The highest BCUT2D eigenvalue weighted by molar-refractivity contribution is 5.08. The Bertz CT molecular complexity index is 372. The Labute approximate surface area is 110 Å². The number of nitrogens with one attached hydrogen (secondary N) is 1. The van der Waals surface area contributed by atoms with Gasteiger partial charge in [-0.25, -0.2) is 4.98 Å². The maximum atomic E-state index is 4.36. The molecule has 1 aromatic rings. The first-order valence-corrected chi connectivity index (χ1v) is 7.00. The first kappa shape index (κ1) is 13.6. The highest BCUT2D eigenvalue weighted by Gasteiger charge is 2.23. The molecule has 0 aliphatic carbocycles. The summed E-state index contributed by atoms with van der Waals surface area (Å²) in [6.45, 7) is 5.58. The maximum Gasteiger partial charge on any atom is 0.0951 e. The lowest BCUT2D eigenvalue weighted by atomic mass is 9.97. The van der Waals surface area contributed by atoms with Crippen molar-refractivity contribution in [2.24, 2.45) is 0 Å². The van der Waals surface area contributed by atoms with E-state index < -0.39 is 0 Å². The standard InChI is InChI=1S/C14H26N4/c1-11-6-5-7-13(16-11)14-8-15-10-18(14)12(2)9-17(3)4/h8,10-13,16H,5-7,9H2,1-4H3. The van der Waals surface area contributed by atoms with Gasteiger partial charge >= 0.3 is 0 Å². The number of nitrogens with zero attached hydrogens (tertiary/aromatic N) is 3. The van der Waals surface area contributed by atoms with E-state index in [-0.39, 0.29) is 0 Å². The van der Waals surface area contributed by atoms with E-state index in [0.717, 1.165) is 6.54 Å². The zero-order chi connectivity index (χ0) is 13.1. The lowest BCUT2D eigenvalue weighted by Gasteiger charge is -2.31. The first-order valence-electron chi connectivity index (χ1n) is 7.00. The van der Waals surface area contributed by atoms with E-state index in [2.05, 4.69) is 47.7 Å². The van der Waals surface area contributed by atoms with Gasteiger partial charge in [0.05, 0.1) is 12.0 Å². The van der Waals surface area contributed by atoms with Crippen LogP contribution in [0.2, 0.25) is 0 Å². The van der Waals surface area contributed by atoms with Gasteiger partial charge in [0, 0.05) is 30.9 Å². The molecule has 0 amide bonds. The van der Waals surface area contributed by atoms with Crippen LogP contribution in [0, 0.1) is 0 Å². The van der Waals surface area contributed by atoms with Crippen molar-refractivity contribution in [3.05, 3.63) is 18.2 Å². The Morgan fingerprint density at radius 2 is 2.28 bits per heavy atom.